The molecule has 0 bridgehead atoms. The molecule has 3 rings (SSSR count). The summed E-state index contributed by atoms with van der Waals surface area (Å²) < 4.78 is 11.0. The van der Waals surface area contributed by atoms with Gasteiger partial charge in [0.05, 0.1) is 32.0 Å². The van der Waals surface area contributed by atoms with Crippen LogP contribution in [0.2, 0.25) is 0 Å². The second kappa shape index (κ2) is 6.97. The van der Waals surface area contributed by atoms with E-state index in [1.807, 2.05) is 18.2 Å². The molecule has 2 amide bonds. The summed E-state index contributed by atoms with van der Waals surface area (Å²) in [6.45, 7) is 3.33. The van der Waals surface area contributed by atoms with Gasteiger partial charge in [0.2, 0.25) is 5.91 Å². The van der Waals surface area contributed by atoms with Crippen molar-refractivity contribution in [2.45, 2.75) is 6.10 Å². The Bertz CT molecular complexity index is 586. The normalized spacial score (nSPS) is 21.3. The lowest BCUT2D eigenvalue weighted by Crippen LogP contribution is -2.53. The van der Waals surface area contributed by atoms with Crippen LogP contribution in [0.1, 0.15) is 0 Å². The molecule has 1 aromatic rings. The summed E-state index contributed by atoms with van der Waals surface area (Å²) in [6.07, 6.45) is -0.691. The number of carbonyl (C=O) groups excluding carboxylic acids is 2. The summed E-state index contributed by atoms with van der Waals surface area (Å²) in [7, 11) is 1.56. The van der Waals surface area contributed by atoms with Crippen molar-refractivity contribution < 1.29 is 19.1 Å². The van der Waals surface area contributed by atoms with E-state index >= 15 is 0 Å². The largest absolute Gasteiger partial charge is 0.477 e. The lowest BCUT2D eigenvalue weighted by atomic mass is 10.1. The average molecular weight is 319 g/mol. The molecule has 2 aliphatic heterocycles. The lowest BCUT2D eigenvalue weighted by Gasteiger charge is -2.35. The van der Waals surface area contributed by atoms with Crippen LogP contribution in [0.4, 0.5) is 5.69 Å². The van der Waals surface area contributed by atoms with Gasteiger partial charge in [0, 0.05) is 20.1 Å². The molecule has 1 saturated heterocycles. The maximum atomic E-state index is 12.7. The standard InChI is InChI=1S/C16H21N3O4/c1-17-16(21)14-10-19(12-4-2-3-5-13(12)23-14)15(20)11-18-6-8-22-9-7-18/h2-5,14H,6-11H2,1H3,(H,17,21). The van der Waals surface area contributed by atoms with E-state index in [2.05, 4.69) is 10.2 Å². The molecule has 1 aromatic carbocycles. The van der Waals surface area contributed by atoms with E-state index in [1.54, 1.807) is 18.0 Å². The van der Waals surface area contributed by atoms with Gasteiger partial charge < -0.3 is 19.7 Å². The van der Waals surface area contributed by atoms with Gasteiger partial charge in [-0.1, -0.05) is 12.1 Å². The predicted octanol–water partition coefficient (Wildman–Crippen LogP) is -0.141. The number of rotatable bonds is 3. The summed E-state index contributed by atoms with van der Waals surface area (Å²) in [4.78, 5) is 28.4. The van der Waals surface area contributed by atoms with Crippen LogP contribution in [0.15, 0.2) is 24.3 Å². The lowest BCUT2D eigenvalue weighted by molar-refractivity contribution is -0.128. The first kappa shape index (κ1) is 15.8. The van der Waals surface area contributed by atoms with Crippen molar-refractivity contribution in [2.24, 2.45) is 0 Å². The number of morpholine rings is 1. The van der Waals surface area contributed by atoms with Gasteiger partial charge in [0.15, 0.2) is 6.10 Å². The van der Waals surface area contributed by atoms with Gasteiger partial charge in [-0.3, -0.25) is 14.5 Å². The van der Waals surface area contributed by atoms with Gasteiger partial charge in [-0.25, -0.2) is 0 Å². The summed E-state index contributed by atoms with van der Waals surface area (Å²) in [5, 5.41) is 2.58. The molecular formula is C16H21N3O4. The van der Waals surface area contributed by atoms with E-state index in [0.717, 1.165) is 13.1 Å². The van der Waals surface area contributed by atoms with E-state index in [0.29, 0.717) is 31.2 Å². The molecule has 23 heavy (non-hydrogen) atoms. The maximum absolute atomic E-state index is 12.7. The first-order valence-electron chi connectivity index (χ1n) is 7.77. The third kappa shape index (κ3) is 3.46. The number of carbonyl (C=O) groups is 2. The number of likely N-dealkylation sites (N-methyl/N-ethyl adjacent to an activating group) is 1. The van der Waals surface area contributed by atoms with E-state index in [1.165, 1.54) is 0 Å². The average Bonchev–Trinajstić information content (AvgIpc) is 2.60. The van der Waals surface area contributed by atoms with Gasteiger partial charge in [-0.2, -0.15) is 0 Å². The number of nitrogens with zero attached hydrogens (tertiary/aromatic N) is 2. The van der Waals surface area contributed by atoms with Crippen molar-refractivity contribution in [3.05, 3.63) is 24.3 Å². The summed E-state index contributed by atoms with van der Waals surface area (Å²) >= 11 is 0. The Morgan fingerprint density at radius 1 is 1.26 bits per heavy atom. The number of nitrogens with one attached hydrogen (secondary N) is 1. The van der Waals surface area contributed by atoms with Gasteiger partial charge in [0.25, 0.3) is 5.91 Å². The van der Waals surface area contributed by atoms with Crippen LogP contribution < -0.4 is 15.0 Å². The Hall–Kier alpha value is -2.12. The first-order chi connectivity index (χ1) is 11.2. The van der Waals surface area contributed by atoms with Crippen molar-refractivity contribution in [1.29, 1.82) is 0 Å². The Balaban J connectivity index is 1.78. The van der Waals surface area contributed by atoms with E-state index in [-0.39, 0.29) is 18.4 Å². The Morgan fingerprint density at radius 3 is 2.74 bits per heavy atom. The van der Waals surface area contributed by atoms with Crippen molar-refractivity contribution in [2.75, 3.05) is 51.3 Å². The monoisotopic (exact) mass is 319 g/mol. The number of anilines is 1. The van der Waals surface area contributed by atoms with Crippen LogP contribution in [0.5, 0.6) is 5.75 Å². The maximum Gasteiger partial charge on any atom is 0.262 e. The van der Waals surface area contributed by atoms with Crippen LogP contribution in [0.25, 0.3) is 0 Å². The first-order valence-corrected chi connectivity index (χ1v) is 7.77. The molecular weight excluding hydrogens is 298 g/mol. The Labute approximate surface area is 135 Å². The molecule has 1 fully saturated rings. The molecule has 1 N–H and O–H groups in total. The highest BCUT2D eigenvalue weighted by Crippen LogP contribution is 2.33. The Kier molecular flexibility index (Phi) is 4.78. The molecule has 1 unspecified atom stereocenters. The zero-order chi connectivity index (χ0) is 16.2. The van der Waals surface area contributed by atoms with Crippen molar-refractivity contribution in [1.82, 2.24) is 10.2 Å². The highest BCUT2D eigenvalue weighted by Gasteiger charge is 2.33. The molecule has 2 heterocycles. The van der Waals surface area contributed by atoms with Crippen molar-refractivity contribution in [3.63, 3.8) is 0 Å². The summed E-state index contributed by atoms with van der Waals surface area (Å²) in [5.41, 5.74) is 0.714. The second-order valence-corrected chi connectivity index (χ2v) is 5.58. The zero-order valence-corrected chi connectivity index (χ0v) is 13.2. The molecule has 7 heteroatoms. The zero-order valence-electron chi connectivity index (χ0n) is 13.2. The van der Waals surface area contributed by atoms with E-state index < -0.39 is 6.10 Å². The number of hydrogen-bond acceptors (Lipinski definition) is 5. The smallest absolute Gasteiger partial charge is 0.262 e. The minimum atomic E-state index is -0.691. The Morgan fingerprint density at radius 2 is 2.00 bits per heavy atom. The van der Waals surface area contributed by atoms with Crippen LogP contribution in [0, 0.1) is 0 Å². The summed E-state index contributed by atoms with van der Waals surface area (Å²) in [6, 6.07) is 7.30. The minimum Gasteiger partial charge on any atom is -0.477 e. The number of fused-ring (bicyclic) bond motifs is 1. The number of para-hydroxylation sites is 2. The molecule has 2 aliphatic rings. The van der Waals surface area contributed by atoms with Crippen molar-refractivity contribution >= 4 is 17.5 Å². The fraction of sp³-hybridized carbons (Fsp3) is 0.500. The topological polar surface area (TPSA) is 71.1 Å². The number of ether oxygens (including phenoxy) is 2. The molecule has 1 atom stereocenters. The highest BCUT2D eigenvalue weighted by atomic mass is 16.5. The predicted molar refractivity (Wildman–Crippen MR) is 84.5 cm³/mol. The third-order valence-corrected chi connectivity index (χ3v) is 4.08. The number of hydrogen-bond donors (Lipinski definition) is 1. The van der Waals surface area contributed by atoms with E-state index in [9.17, 15) is 9.59 Å². The molecule has 0 aromatic heterocycles. The molecule has 0 aliphatic carbocycles. The highest BCUT2D eigenvalue weighted by molar-refractivity contribution is 5.98. The van der Waals surface area contributed by atoms with Gasteiger partial charge >= 0.3 is 0 Å². The van der Waals surface area contributed by atoms with Crippen LogP contribution in [0.3, 0.4) is 0 Å². The van der Waals surface area contributed by atoms with Gasteiger partial charge in [-0.05, 0) is 12.1 Å². The number of amides is 2. The van der Waals surface area contributed by atoms with Gasteiger partial charge in [-0.15, -0.1) is 0 Å². The summed E-state index contributed by atoms with van der Waals surface area (Å²) in [5.74, 6) is 0.294. The van der Waals surface area contributed by atoms with Crippen LogP contribution >= 0.6 is 0 Å². The van der Waals surface area contributed by atoms with Gasteiger partial charge in [0.1, 0.15) is 5.75 Å². The molecule has 0 spiro atoms. The number of benzene rings is 1. The van der Waals surface area contributed by atoms with Crippen molar-refractivity contribution in [3.8, 4) is 5.75 Å². The molecule has 7 nitrogen and oxygen atoms in total. The van der Waals surface area contributed by atoms with Crippen LogP contribution in [-0.2, 0) is 14.3 Å². The third-order valence-electron chi connectivity index (χ3n) is 4.08. The quantitative estimate of drug-likeness (QED) is 0.840. The fourth-order valence-corrected chi connectivity index (χ4v) is 2.80. The second-order valence-electron chi connectivity index (χ2n) is 5.58. The van der Waals surface area contributed by atoms with Crippen LogP contribution in [-0.4, -0.2) is 69.3 Å². The molecule has 0 saturated carbocycles. The minimum absolute atomic E-state index is 0.0310. The SMILES string of the molecule is CNC(=O)C1CN(C(=O)CN2CCOCC2)c2ccccc2O1. The molecule has 124 valence electrons. The molecule has 0 radical (unpaired) electrons. The fourth-order valence-electron chi connectivity index (χ4n) is 2.80. The van der Waals surface area contributed by atoms with E-state index in [4.69, 9.17) is 9.47 Å².